The second-order valence-electron chi connectivity index (χ2n) is 6.73. The summed E-state index contributed by atoms with van der Waals surface area (Å²) in [7, 11) is 1.65. The number of methoxy groups -OCH3 is 1. The molecule has 0 aliphatic carbocycles. The first-order chi connectivity index (χ1) is 14.1. The lowest BCUT2D eigenvalue weighted by Gasteiger charge is -2.18. The van der Waals surface area contributed by atoms with Crippen LogP contribution in [0.4, 0.5) is 5.82 Å². The number of anilines is 1. The largest absolute Gasteiger partial charge is 0.497 e. The second-order valence-corrected chi connectivity index (χ2v) is 6.73. The first-order valence-electron chi connectivity index (χ1n) is 9.92. The minimum atomic E-state index is 0.538. The maximum Gasteiger partial charge on any atom is 0.150 e. The molecule has 0 fully saturated rings. The Hall–Kier alpha value is -3.06. The van der Waals surface area contributed by atoms with Gasteiger partial charge in [-0.3, -0.25) is 0 Å². The third-order valence-corrected chi connectivity index (χ3v) is 4.96. The molecule has 1 heterocycles. The van der Waals surface area contributed by atoms with Crippen LogP contribution in [-0.4, -0.2) is 53.2 Å². The molecule has 0 unspecified atom stereocenters. The van der Waals surface area contributed by atoms with Gasteiger partial charge in [-0.15, -0.1) is 5.10 Å². The van der Waals surface area contributed by atoms with Crippen LogP contribution in [0.5, 0.6) is 11.5 Å². The Bertz CT molecular complexity index is 887. The summed E-state index contributed by atoms with van der Waals surface area (Å²) in [4.78, 5) is 2.33. The molecule has 29 heavy (non-hydrogen) atoms. The zero-order valence-electron chi connectivity index (χ0n) is 17.3. The van der Waals surface area contributed by atoms with Gasteiger partial charge in [-0.1, -0.05) is 31.2 Å². The van der Waals surface area contributed by atoms with Gasteiger partial charge in [0.1, 0.15) is 23.8 Å². The van der Waals surface area contributed by atoms with E-state index in [1.54, 1.807) is 11.8 Å². The van der Waals surface area contributed by atoms with E-state index in [9.17, 15) is 0 Å². The fraction of sp³-hybridized carbons (Fsp3) is 0.364. The molecule has 1 aromatic heterocycles. The summed E-state index contributed by atoms with van der Waals surface area (Å²) in [6.07, 6.45) is 0. The van der Waals surface area contributed by atoms with Crippen molar-refractivity contribution in [3.8, 4) is 22.8 Å². The minimum absolute atomic E-state index is 0.538. The fourth-order valence-corrected chi connectivity index (χ4v) is 3.09. The summed E-state index contributed by atoms with van der Waals surface area (Å²) in [5.41, 5.74) is 8.96. The lowest BCUT2D eigenvalue weighted by molar-refractivity contribution is 0.223. The number of nitrogens with zero attached hydrogens (tertiary/aromatic N) is 4. The number of likely N-dealkylation sites (N-methyl/N-ethyl adjacent to an activating group) is 1. The van der Waals surface area contributed by atoms with Crippen LogP contribution in [0, 0.1) is 0 Å². The van der Waals surface area contributed by atoms with Crippen LogP contribution < -0.4 is 15.2 Å². The Morgan fingerprint density at radius 3 is 2.24 bits per heavy atom. The van der Waals surface area contributed by atoms with Gasteiger partial charge in [-0.05, 0) is 55.1 Å². The van der Waals surface area contributed by atoms with E-state index in [0.717, 1.165) is 42.3 Å². The molecule has 0 bridgehead atoms. The SMILES string of the molecule is CCN(CC)CCOc1ccc(-c2nnn(Cc3ccc(OC)cc3)c2N)cc1. The second kappa shape index (κ2) is 9.93. The van der Waals surface area contributed by atoms with Crippen molar-refractivity contribution in [1.82, 2.24) is 19.9 Å². The number of aromatic nitrogens is 3. The third-order valence-electron chi connectivity index (χ3n) is 4.96. The fourth-order valence-electron chi connectivity index (χ4n) is 3.09. The molecule has 0 atom stereocenters. The predicted molar refractivity (Wildman–Crippen MR) is 115 cm³/mol. The van der Waals surface area contributed by atoms with E-state index in [0.29, 0.717) is 24.7 Å². The third kappa shape index (κ3) is 5.26. The van der Waals surface area contributed by atoms with E-state index in [4.69, 9.17) is 15.2 Å². The summed E-state index contributed by atoms with van der Waals surface area (Å²) >= 11 is 0. The van der Waals surface area contributed by atoms with Crippen molar-refractivity contribution in [1.29, 1.82) is 0 Å². The van der Waals surface area contributed by atoms with Crippen LogP contribution >= 0.6 is 0 Å². The van der Waals surface area contributed by atoms with Crippen LogP contribution in [-0.2, 0) is 6.54 Å². The Balaban J connectivity index is 1.63. The number of nitrogen functional groups attached to an aromatic ring is 1. The number of ether oxygens (including phenoxy) is 2. The van der Waals surface area contributed by atoms with Gasteiger partial charge in [0, 0.05) is 12.1 Å². The Kier molecular flexibility index (Phi) is 7.08. The molecule has 0 amide bonds. The molecule has 2 aromatic carbocycles. The van der Waals surface area contributed by atoms with Crippen LogP contribution in [0.2, 0.25) is 0 Å². The lowest BCUT2D eigenvalue weighted by atomic mass is 10.1. The molecular formula is C22H29N5O2. The summed E-state index contributed by atoms with van der Waals surface area (Å²) < 4.78 is 12.7. The molecule has 0 saturated heterocycles. The molecule has 3 rings (SSSR count). The molecule has 0 aliphatic heterocycles. The topological polar surface area (TPSA) is 78.4 Å². The standard InChI is InChI=1S/C22H29N5O2/c1-4-26(5-2)14-15-29-20-12-8-18(9-13-20)21-22(23)27(25-24-21)16-17-6-10-19(28-3)11-7-17/h6-13H,4-5,14-16,23H2,1-3H3. The van der Waals surface area contributed by atoms with Gasteiger partial charge >= 0.3 is 0 Å². The molecule has 0 radical (unpaired) electrons. The molecular weight excluding hydrogens is 366 g/mol. The van der Waals surface area contributed by atoms with Crippen molar-refractivity contribution in [3.05, 3.63) is 54.1 Å². The molecule has 154 valence electrons. The normalized spacial score (nSPS) is 11.0. The lowest BCUT2D eigenvalue weighted by Crippen LogP contribution is -2.27. The van der Waals surface area contributed by atoms with Gasteiger partial charge in [-0.25, -0.2) is 4.68 Å². The van der Waals surface area contributed by atoms with E-state index in [2.05, 4.69) is 29.1 Å². The number of hydrogen-bond donors (Lipinski definition) is 1. The first-order valence-corrected chi connectivity index (χ1v) is 9.92. The van der Waals surface area contributed by atoms with Crippen LogP contribution in [0.3, 0.4) is 0 Å². The molecule has 0 spiro atoms. The van der Waals surface area contributed by atoms with Gasteiger partial charge in [0.05, 0.1) is 13.7 Å². The number of hydrogen-bond acceptors (Lipinski definition) is 6. The Morgan fingerprint density at radius 1 is 0.966 bits per heavy atom. The highest BCUT2D eigenvalue weighted by Crippen LogP contribution is 2.26. The number of benzene rings is 2. The van der Waals surface area contributed by atoms with Crippen molar-refractivity contribution in [2.75, 3.05) is 39.1 Å². The summed E-state index contributed by atoms with van der Waals surface area (Å²) in [6, 6.07) is 15.6. The summed E-state index contributed by atoms with van der Waals surface area (Å²) in [5, 5.41) is 8.48. The quantitative estimate of drug-likeness (QED) is 0.567. The molecule has 7 nitrogen and oxygen atoms in total. The van der Waals surface area contributed by atoms with Crippen LogP contribution in [0.1, 0.15) is 19.4 Å². The Labute approximate surface area is 172 Å². The highest BCUT2D eigenvalue weighted by atomic mass is 16.5. The minimum Gasteiger partial charge on any atom is -0.497 e. The van der Waals surface area contributed by atoms with Crippen molar-refractivity contribution >= 4 is 5.82 Å². The van der Waals surface area contributed by atoms with E-state index < -0.39 is 0 Å². The zero-order chi connectivity index (χ0) is 20.6. The van der Waals surface area contributed by atoms with E-state index >= 15 is 0 Å². The highest BCUT2D eigenvalue weighted by molar-refractivity contribution is 5.70. The molecule has 2 N–H and O–H groups in total. The Morgan fingerprint density at radius 2 is 1.62 bits per heavy atom. The van der Waals surface area contributed by atoms with Crippen molar-refractivity contribution in [2.45, 2.75) is 20.4 Å². The maximum absolute atomic E-state index is 6.30. The smallest absolute Gasteiger partial charge is 0.150 e. The van der Waals surface area contributed by atoms with Crippen molar-refractivity contribution in [3.63, 3.8) is 0 Å². The van der Waals surface area contributed by atoms with Crippen molar-refractivity contribution < 1.29 is 9.47 Å². The molecule has 7 heteroatoms. The average molecular weight is 396 g/mol. The molecule has 3 aromatic rings. The average Bonchev–Trinajstić information content (AvgIpc) is 3.12. The van der Waals surface area contributed by atoms with Crippen LogP contribution in [0.15, 0.2) is 48.5 Å². The van der Waals surface area contributed by atoms with Gasteiger partial charge in [0.25, 0.3) is 0 Å². The van der Waals surface area contributed by atoms with E-state index in [1.165, 1.54) is 0 Å². The maximum atomic E-state index is 6.30. The first kappa shape index (κ1) is 20.7. The van der Waals surface area contributed by atoms with Crippen molar-refractivity contribution in [2.24, 2.45) is 0 Å². The van der Waals surface area contributed by atoms with Crippen LogP contribution in [0.25, 0.3) is 11.3 Å². The molecule has 0 aliphatic rings. The number of rotatable bonds is 10. The van der Waals surface area contributed by atoms with Gasteiger partial charge in [0.15, 0.2) is 5.82 Å². The summed E-state index contributed by atoms with van der Waals surface area (Å²) in [6.45, 7) is 8.52. The monoisotopic (exact) mass is 395 g/mol. The zero-order valence-corrected chi connectivity index (χ0v) is 17.3. The van der Waals surface area contributed by atoms with Gasteiger partial charge in [-0.2, -0.15) is 0 Å². The van der Waals surface area contributed by atoms with Gasteiger partial charge in [0.2, 0.25) is 0 Å². The highest BCUT2D eigenvalue weighted by Gasteiger charge is 2.12. The van der Waals surface area contributed by atoms with Gasteiger partial charge < -0.3 is 20.1 Å². The van der Waals surface area contributed by atoms with E-state index in [1.807, 2.05) is 48.5 Å². The van der Waals surface area contributed by atoms with E-state index in [-0.39, 0.29) is 0 Å². The number of nitrogens with two attached hydrogens (primary N) is 1. The predicted octanol–water partition coefficient (Wildman–Crippen LogP) is 3.30. The summed E-state index contributed by atoms with van der Waals surface area (Å²) in [5.74, 6) is 2.20. The molecule has 0 saturated carbocycles.